The molecule has 2 rings (SSSR count). The Hall–Kier alpha value is -3.33. The van der Waals surface area contributed by atoms with Crippen molar-refractivity contribution in [3.05, 3.63) is 36.4 Å². The zero-order valence-electron chi connectivity index (χ0n) is 20.0. The summed E-state index contributed by atoms with van der Waals surface area (Å²) >= 11 is 6.37. The molecule has 1 unspecified atom stereocenters. The number of rotatable bonds is 13. The van der Waals surface area contributed by atoms with Gasteiger partial charge in [0, 0.05) is 17.8 Å². The van der Waals surface area contributed by atoms with Crippen LogP contribution in [0.25, 0.3) is 0 Å². The van der Waals surface area contributed by atoms with Crippen LogP contribution in [0.15, 0.2) is 46.6 Å². The van der Waals surface area contributed by atoms with E-state index in [1.807, 2.05) is 20.8 Å². The molecule has 10 heteroatoms. The highest BCUT2D eigenvalue weighted by Gasteiger charge is 2.31. The van der Waals surface area contributed by atoms with Gasteiger partial charge in [-0.05, 0) is 58.9 Å². The number of carbonyl (C=O) groups excluding carboxylic acids is 2. The molecule has 0 bridgehead atoms. The third-order valence-electron chi connectivity index (χ3n) is 4.39. The van der Waals surface area contributed by atoms with Gasteiger partial charge in [-0.1, -0.05) is 6.07 Å². The number of anilines is 1. The predicted molar refractivity (Wildman–Crippen MR) is 130 cm³/mol. The molecule has 0 aromatic heterocycles. The van der Waals surface area contributed by atoms with Crippen molar-refractivity contribution in [2.45, 2.75) is 40.7 Å². The SMILES string of the molecule is CCOc1ccc(N=NC(C(C)=O)C(=O)N(Cl)c2cccc(OCC)c2OCC)cc1OCC. The Labute approximate surface area is 204 Å². The lowest BCUT2D eigenvalue weighted by Gasteiger charge is -2.21. The van der Waals surface area contributed by atoms with Crippen molar-refractivity contribution in [1.82, 2.24) is 0 Å². The van der Waals surface area contributed by atoms with Gasteiger partial charge in [-0.15, -0.1) is 0 Å². The maximum atomic E-state index is 13.1. The van der Waals surface area contributed by atoms with Crippen molar-refractivity contribution in [2.24, 2.45) is 10.2 Å². The van der Waals surface area contributed by atoms with Crippen LogP contribution in [-0.4, -0.2) is 44.2 Å². The summed E-state index contributed by atoms with van der Waals surface area (Å²) in [6.45, 7) is 10.2. The number of nitrogens with zero attached hydrogens (tertiary/aromatic N) is 3. The molecule has 1 atom stereocenters. The molecule has 0 spiro atoms. The van der Waals surface area contributed by atoms with Gasteiger partial charge in [0.1, 0.15) is 5.69 Å². The molecule has 0 N–H and O–H groups in total. The first-order valence-corrected chi connectivity index (χ1v) is 11.4. The fraction of sp³-hybridized carbons (Fsp3) is 0.417. The molecule has 0 fully saturated rings. The van der Waals surface area contributed by atoms with Gasteiger partial charge in [0.05, 0.1) is 32.1 Å². The van der Waals surface area contributed by atoms with E-state index in [4.69, 9.17) is 30.7 Å². The Bertz CT molecular complexity index is 1010. The number of hydrogen-bond acceptors (Lipinski definition) is 8. The highest BCUT2D eigenvalue weighted by atomic mass is 35.5. The fourth-order valence-corrected chi connectivity index (χ4v) is 3.20. The van der Waals surface area contributed by atoms with Gasteiger partial charge >= 0.3 is 0 Å². The molecule has 0 aliphatic rings. The Morgan fingerprint density at radius 2 is 1.50 bits per heavy atom. The maximum absolute atomic E-state index is 13.1. The Kier molecular flexibility index (Phi) is 10.6. The third-order valence-corrected chi connectivity index (χ3v) is 4.73. The summed E-state index contributed by atoms with van der Waals surface area (Å²) in [4.78, 5) is 25.4. The number of azo groups is 1. The second-order valence-corrected chi connectivity index (χ2v) is 7.15. The Balaban J connectivity index is 2.35. The average molecular weight is 492 g/mol. The van der Waals surface area contributed by atoms with E-state index >= 15 is 0 Å². The third kappa shape index (κ3) is 6.84. The van der Waals surface area contributed by atoms with Gasteiger partial charge in [0.2, 0.25) is 6.04 Å². The van der Waals surface area contributed by atoms with Crippen molar-refractivity contribution in [1.29, 1.82) is 0 Å². The van der Waals surface area contributed by atoms with Crippen molar-refractivity contribution in [2.75, 3.05) is 30.8 Å². The van der Waals surface area contributed by atoms with Gasteiger partial charge < -0.3 is 18.9 Å². The summed E-state index contributed by atoms with van der Waals surface area (Å²) in [5.41, 5.74) is 0.626. The van der Waals surface area contributed by atoms with Crippen LogP contribution in [0.4, 0.5) is 11.4 Å². The molecule has 9 nitrogen and oxygen atoms in total. The summed E-state index contributed by atoms with van der Waals surface area (Å²) < 4.78 is 23.2. The minimum atomic E-state index is -1.45. The number of carbonyl (C=O) groups is 2. The lowest BCUT2D eigenvalue weighted by molar-refractivity contribution is -0.126. The molecule has 184 valence electrons. The number of halogens is 1. The van der Waals surface area contributed by atoms with Crippen LogP contribution >= 0.6 is 11.8 Å². The summed E-state index contributed by atoms with van der Waals surface area (Å²) in [5.74, 6) is 0.478. The molecule has 0 aliphatic carbocycles. The zero-order valence-corrected chi connectivity index (χ0v) is 20.8. The monoisotopic (exact) mass is 491 g/mol. The molecule has 0 heterocycles. The van der Waals surface area contributed by atoms with E-state index in [9.17, 15) is 9.59 Å². The molecule has 0 saturated heterocycles. The highest BCUT2D eigenvalue weighted by Crippen LogP contribution is 2.39. The van der Waals surface area contributed by atoms with Crippen LogP contribution < -0.4 is 23.4 Å². The van der Waals surface area contributed by atoms with Crippen LogP contribution in [0.2, 0.25) is 0 Å². The predicted octanol–water partition coefficient (Wildman–Crippen LogP) is 5.51. The summed E-state index contributed by atoms with van der Waals surface area (Å²) in [5, 5.41) is 8.06. The van der Waals surface area contributed by atoms with E-state index in [0.717, 1.165) is 4.42 Å². The van der Waals surface area contributed by atoms with Gasteiger partial charge in [-0.2, -0.15) is 10.2 Å². The highest BCUT2D eigenvalue weighted by molar-refractivity contribution is 6.39. The number of ketones is 1. The lowest BCUT2D eigenvalue weighted by Crippen LogP contribution is -2.36. The molecule has 0 saturated carbocycles. The first-order valence-electron chi connectivity index (χ1n) is 11.1. The van der Waals surface area contributed by atoms with Gasteiger partial charge in [0.15, 0.2) is 28.8 Å². The zero-order chi connectivity index (χ0) is 25.1. The summed E-state index contributed by atoms with van der Waals surface area (Å²) in [7, 11) is 0. The first kappa shape index (κ1) is 26.9. The second kappa shape index (κ2) is 13.4. The Morgan fingerprint density at radius 1 is 0.882 bits per heavy atom. The maximum Gasteiger partial charge on any atom is 0.276 e. The quantitative estimate of drug-likeness (QED) is 0.208. The minimum Gasteiger partial charge on any atom is -0.490 e. The van der Waals surface area contributed by atoms with Crippen LogP contribution in [0.1, 0.15) is 34.6 Å². The molecular weight excluding hydrogens is 462 g/mol. The molecule has 2 aromatic rings. The van der Waals surface area contributed by atoms with Crippen LogP contribution in [0.5, 0.6) is 23.0 Å². The van der Waals surface area contributed by atoms with Gasteiger partial charge in [0.25, 0.3) is 5.91 Å². The molecular formula is C24H30ClN3O6. The first-order chi connectivity index (χ1) is 16.4. The number of benzene rings is 2. The van der Waals surface area contributed by atoms with E-state index in [1.54, 1.807) is 43.3 Å². The smallest absolute Gasteiger partial charge is 0.276 e. The number of hydrogen-bond donors (Lipinski definition) is 0. The van der Waals surface area contributed by atoms with Crippen LogP contribution in [-0.2, 0) is 9.59 Å². The van der Waals surface area contributed by atoms with Crippen molar-refractivity contribution >= 4 is 34.8 Å². The van der Waals surface area contributed by atoms with Gasteiger partial charge in [-0.3, -0.25) is 9.59 Å². The average Bonchev–Trinajstić information content (AvgIpc) is 2.81. The van der Waals surface area contributed by atoms with E-state index in [0.29, 0.717) is 55.1 Å². The topological polar surface area (TPSA) is 99.0 Å². The van der Waals surface area contributed by atoms with E-state index in [2.05, 4.69) is 10.2 Å². The van der Waals surface area contributed by atoms with Crippen molar-refractivity contribution < 1.29 is 28.5 Å². The number of amides is 1. The summed E-state index contributed by atoms with van der Waals surface area (Å²) in [6.07, 6.45) is 0. The van der Waals surface area contributed by atoms with Gasteiger partial charge in [-0.25, -0.2) is 4.42 Å². The Morgan fingerprint density at radius 3 is 2.12 bits per heavy atom. The van der Waals surface area contributed by atoms with E-state index in [1.165, 1.54) is 6.92 Å². The van der Waals surface area contributed by atoms with Crippen LogP contribution in [0.3, 0.4) is 0 Å². The molecule has 0 radical (unpaired) electrons. The van der Waals surface area contributed by atoms with E-state index < -0.39 is 17.7 Å². The number of para-hydroxylation sites is 1. The molecule has 0 aliphatic heterocycles. The minimum absolute atomic E-state index is 0.237. The summed E-state index contributed by atoms with van der Waals surface area (Å²) in [6, 6.07) is 8.47. The van der Waals surface area contributed by atoms with E-state index in [-0.39, 0.29) is 5.69 Å². The molecule has 1 amide bonds. The largest absolute Gasteiger partial charge is 0.490 e. The molecule has 2 aromatic carbocycles. The fourth-order valence-electron chi connectivity index (χ4n) is 2.97. The normalized spacial score (nSPS) is 11.7. The van der Waals surface area contributed by atoms with Crippen molar-refractivity contribution in [3.63, 3.8) is 0 Å². The standard InChI is InChI=1S/C24H30ClN3O6/c1-6-31-19-14-13-17(15-21(19)33-8-3)26-27-22(16(5)29)24(30)28(25)18-11-10-12-20(32-7-2)23(18)34-9-4/h10-15,22H,6-9H2,1-5H3. The lowest BCUT2D eigenvalue weighted by atomic mass is 10.2. The van der Waals surface area contributed by atoms with Crippen LogP contribution in [0, 0.1) is 0 Å². The van der Waals surface area contributed by atoms with Crippen molar-refractivity contribution in [3.8, 4) is 23.0 Å². The second-order valence-electron chi connectivity index (χ2n) is 6.82. The molecule has 34 heavy (non-hydrogen) atoms. The number of ether oxygens (including phenoxy) is 4. The number of Topliss-reactive ketones (excluding diaryl/α,β-unsaturated/α-hetero) is 1.